The van der Waals surface area contributed by atoms with E-state index in [0.717, 1.165) is 4.57 Å². The Bertz CT molecular complexity index is 1580. The predicted molar refractivity (Wildman–Crippen MR) is 122 cm³/mol. The number of rotatable bonds is 9. The molecule has 0 unspecified atom stereocenters. The Morgan fingerprint density at radius 2 is 1.54 bits per heavy atom. The molecule has 18 heteroatoms. The molecule has 0 atom stereocenters. The van der Waals surface area contributed by atoms with Crippen LogP contribution < -0.4 is 11.3 Å². The second kappa shape index (κ2) is 9.99. The fourth-order valence-corrected chi connectivity index (χ4v) is 4.99. The van der Waals surface area contributed by atoms with Crippen LogP contribution in [-0.4, -0.2) is 48.6 Å². The van der Waals surface area contributed by atoms with E-state index in [2.05, 4.69) is 10.2 Å². The Labute approximate surface area is 200 Å². The quantitative estimate of drug-likeness (QED) is 0.168. The van der Waals surface area contributed by atoms with E-state index in [1.165, 1.54) is 6.92 Å². The molecule has 0 aliphatic heterocycles. The van der Waals surface area contributed by atoms with Crippen LogP contribution in [0, 0.1) is 6.92 Å². The van der Waals surface area contributed by atoms with Crippen molar-refractivity contribution in [3.8, 4) is 5.88 Å². The number of unbranched alkanes of at least 4 members (excludes halogenated alkanes) is 1. The zero-order chi connectivity index (χ0) is 26.9. The van der Waals surface area contributed by atoms with Crippen LogP contribution in [0.1, 0.15) is 30.9 Å². The van der Waals surface area contributed by atoms with Gasteiger partial charge < -0.3 is 10.8 Å². The minimum absolute atomic E-state index is 0.0759. The number of aromatic hydroxyl groups is 1. The summed E-state index contributed by atoms with van der Waals surface area (Å²) < 4.78 is 98.2. The van der Waals surface area contributed by atoms with Gasteiger partial charge in [-0.05, 0) is 31.0 Å². The van der Waals surface area contributed by atoms with E-state index in [9.17, 15) is 48.8 Å². The number of aromatic nitrogens is 1. The number of benzene rings is 1. The molecule has 35 heavy (non-hydrogen) atoms. The average Bonchev–Trinajstić information content (AvgIpc) is 2.69. The minimum atomic E-state index is -5.04. The van der Waals surface area contributed by atoms with Crippen molar-refractivity contribution >= 4 is 47.4 Å². The maximum Gasteiger partial charge on any atom is 0.296 e. The number of pyridine rings is 1. The molecule has 0 bridgehead atoms. The van der Waals surface area contributed by atoms with Crippen LogP contribution in [0.4, 0.5) is 17.1 Å². The van der Waals surface area contributed by atoms with Crippen LogP contribution in [0.2, 0.25) is 0 Å². The van der Waals surface area contributed by atoms with Gasteiger partial charge in [-0.1, -0.05) is 13.3 Å². The van der Waals surface area contributed by atoms with Gasteiger partial charge in [0.15, 0.2) is 0 Å². The van der Waals surface area contributed by atoms with Crippen molar-refractivity contribution in [2.45, 2.75) is 48.8 Å². The van der Waals surface area contributed by atoms with Crippen molar-refractivity contribution < 1.29 is 44.0 Å². The van der Waals surface area contributed by atoms with Gasteiger partial charge in [-0.25, -0.2) is 0 Å². The highest BCUT2D eigenvalue weighted by Gasteiger charge is 2.25. The summed E-state index contributed by atoms with van der Waals surface area (Å²) in [5.74, 6) is -1.90. The molecule has 0 amide bonds. The van der Waals surface area contributed by atoms with Gasteiger partial charge in [0.1, 0.15) is 26.9 Å². The smallest absolute Gasteiger partial charge is 0.296 e. The first kappa shape index (κ1) is 28.3. The molecule has 1 aromatic heterocycles. The van der Waals surface area contributed by atoms with Crippen molar-refractivity contribution in [2.24, 2.45) is 10.2 Å². The molecule has 0 saturated carbocycles. The Balaban J connectivity index is 2.88. The lowest BCUT2D eigenvalue weighted by Gasteiger charge is -2.15. The fraction of sp³-hybridized carbons (Fsp3) is 0.353. The molecule has 6 N–H and O–H groups in total. The van der Waals surface area contributed by atoms with Crippen LogP contribution in [0.5, 0.6) is 5.88 Å². The second-order valence-electron chi connectivity index (χ2n) is 7.32. The SMILES string of the molecule is CCCCn1c(O)c(N=Nc2cc(S(=O)(=O)O)c(N)cc2S(=O)(=O)O)c(C)c(CS(=O)(=O)O)c1=O. The molecule has 0 saturated heterocycles. The molecule has 0 aliphatic rings. The van der Waals surface area contributed by atoms with Crippen LogP contribution in [0.15, 0.2) is 36.9 Å². The first-order chi connectivity index (χ1) is 15.9. The van der Waals surface area contributed by atoms with Crippen LogP contribution >= 0.6 is 0 Å². The van der Waals surface area contributed by atoms with E-state index < -0.39 is 80.0 Å². The topological polar surface area (TPSA) is 256 Å². The summed E-state index contributed by atoms with van der Waals surface area (Å²) in [6.45, 7) is 2.88. The lowest BCUT2D eigenvalue weighted by atomic mass is 10.1. The number of nitrogens with two attached hydrogens (primary N) is 1. The van der Waals surface area contributed by atoms with Gasteiger partial charge in [0, 0.05) is 12.1 Å². The van der Waals surface area contributed by atoms with Crippen molar-refractivity contribution in [2.75, 3.05) is 5.73 Å². The van der Waals surface area contributed by atoms with Gasteiger partial charge in [0.05, 0.1) is 5.69 Å². The number of anilines is 1. The third-order valence-corrected chi connectivity index (χ3v) is 7.19. The molecule has 1 aromatic carbocycles. The largest absolute Gasteiger partial charge is 0.493 e. The van der Waals surface area contributed by atoms with Gasteiger partial charge in [0.25, 0.3) is 35.9 Å². The highest BCUT2D eigenvalue weighted by Crippen LogP contribution is 2.36. The number of hydrogen-bond donors (Lipinski definition) is 5. The highest BCUT2D eigenvalue weighted by atomic mass is 32.2. The van der Waals surface area contributed by atoms with Gasteiger partial charge in [-0.2, -0.15) is 25.3 Å². The third kappa shape index (κ3) is 6.61. The minimum Gasteiger partial charge on any atom is -0.493 e. The van der Waals surface area contributed by atoms with Crippen molar-refractivity contribution in [3.63, 3.8) is 0 Å². The summed E-state index contributed by atoms with van der Waals surface area (Å²) in [5.41, 5.74) is 1.76. The van der Waals surface area contributed by atoms with Gasteiger partial charge in [-0.3, -0.25) is 23.0 Å². The maximum absolute atomic E-state index is 12.7. The monoisotopic (exact) mass is 554 g/mol. The Morgan fingerprint density at radius 1 is 0.971 bits per heavy atom. The van der Waals surface area contributed by atoms with Gasteiger partial charge in [-0.15, -0.1) is 10.2 Å². The zero-order valence-electron chi connectivity index (χ0n) is 18.3. The summed E-state index contributed by atoms with van der Waals surface area (Å²) in [4.78, 5) is 10.8. The standard InChI is InChI=1S/C17H22N4O11S3/c1-3-4-5-21-16(22)10(8-33(24,25)26)9(2)15(17(21)23)20-19-12-7-13(34(27,28)29)11(18)6-14(12)35(30,31)32/h6-7,23H,3-5,8,18H2,1-2H3,(H,24,25,26)(H,27,28,29)(H,30,31,32). The first-order valence-electron chi connectivity index (χ1n) is 9.59. The second-order valence-corrected chi connectivity index (χ2v) is 11.6. The van der Waals surface area contributed by atoms with Crippen molar-refractivity contribution in [1.29, 1.82) is 0 Å². The molecule has 0 fully saturated rings. The summed E-state index contributed by atoms with van der Waals surface area (Å²) >= 11 is 0. The van der Waals surface area contributed by atoms with Crippen LogP contribution in [0.25, 0.3) is 0 Å². The summed E-state index contributed by atoms with van der Waals surface area (Å²) in [6, 6.07) is 1.00. The lowest BCUT2D eigenvalue weighted by molar-refractivity contribution is 0.401. The number of nitrogen functional groups attached to an aromatic ring is 1. The molecule has 0 radical (unpaired) electrons. The van der Waals surface area contributed by atoms with E-state index in [-0.39, 0.29) is 12.1 Å². The molecule has 1 heterocycles. The molecular weight excluding hydrogens is 532 g/mol. The lowest BCUT2D eigenvalue weighted by Crippen LogP contribution is -2.26. The molecule has 2 rings (SSSR count). The fourth-order valence-electron chi connectivity index (χ4n) is 3.03. The molecular formula is C17H22N4O11S3. The van der Waals surface area contributed by atoms with E-state index >= 15 is 0 Å². The molecule has 194 valence electrons. The average molecular weight is 555 g/mol. The summed E-state index contributed by atoms with van der Waals surface area (Å²) in [7, 11) is -14.7. The number of hydrogen-bond acceptors (Lipinski definition) is 11. The zero-order valence-corrected chi connectivity index (χ0v) is 20.7. The van der Waals surface area contributed by atoms with Gasteiger partial charge >= 0.3 is 0 Å². The van der Waals surface area contributed by atoms with Crippen LogP contribution in [0.3, 0.4) is 0 Å². The van der Waals surface area contributed by atoms with Crippen LogP contribution in [-0.2, 0) is 42.7 Å². The van der Waals surface area contributed by atoms with E-state index in [1.807, 2.05) is 0 Å². The highest BCUT2D eigenvalue weighted by molar-refractivity contribution is 7.86. The molecule has 15 nitrogen and oxygen atoms in total. The summed E-state index contributed by atoms with van der Waals surface area (Å²) in [5, 5.41) is 17.8. The first-order valence-corrected chi connectivity index (χ1v) is 14.1. The van der Waals surface area contributed by atoms with Crippen molar-refractivity contribution in [1.82, 2.24) is 4.57 Å². The Hall–Kier alpha value is -2.90. The Morgan fingerprint density at radius 3 is 2.03 bits per heavy atom. The molecule has 2 aromatic rings. The Kier molecular flexibility index (Phi) is 8.09. The van der Waals surface area contributed by atoms with E-state index in [0.29, 0.717) is 25.0 Å². The molecule has 0 spiro atoms. The predicted octanol–water partition coefficient (Wildman–Crippen LogP) is 1.54. The summed E-state index contributed by atoms with van der Waals surface area (Å²) in [6.07, 6.45) is 0.951. The normalized spacial score (nSPS) is 12.9. The molecule has 0 aliphatic carbocycles. The third-order valence-electron chi connectivity index (χ3n) is 4.75. The van der Waals surface area contributed by atoms with E-state index in [1.54, 1.807) is 6.92 Å². The number of nitrogens with zero attached hydrogens (tertiary/aromatic N) is 3. The number of azo groups is 1. The van der Waals surface area contributed by atoms with Crippen molar-refractivity contribution in [3.05, 3.63) is 33.6 Å². The van der Waals surface area contributed by atoms with E-state index in [4.69, 9.17) is 5.73 Å². The van der Waals surface area contributed by atoms with Gasteiger partial charge in [0.2, 0.25) is 5.88 Å². The maximum atomic E-state index is 12.7.